The lowest BCUT2D eigenvalue weighted by Crippen LogP contribution is -2.19. The first kappa shape index (κ1) is 15.9. The normalized spacial score (nSPS) is 10.3. The summed E-state index contributed by atoms with van der Waals surface area (Å²) in [6.07, 6.45) is 1.12. The summed E-state index contributed by atoms with van der Waals surface area (Å²) in [6.45, 7) is 1.12. The number of hydrogen-bond donors (Lipinski definition) is 2. The highest BCUT2D eigenvalue weighted by molar-refractivity contribution is 5.92. The first-order chi connectivity index (χ1) is 10.8. The number of amides is 1. The van der Waals surface area contributed by atoms with Gasteiger partial charge in [0.2, 0.25) is 5.91 Å². The quantitative estimate of drug-likeness (QED) is 0.478. The van der Waals surface area contributed by atoms with Gasteiger partial charge >= 0.3 is 5.69 Å². The molecule has 120 valence electrons. The lowest BCUT2D eigenvalue weighted by atomic mass is 10.2. The minimum atomic E-state index is -0.684. The monoisotopic (exact) mass is 321 g/mol. The van der Waals surface area contributed by atoms with Crippen LogP contribution in [0.25, 0.3) is 0 Å². The van der Waals surface area contributed by atoms with Crippen molar-refractivity contribution < 1.29 is 19.7 Å². The fourth-order valence-electron chi connectivity index (χ4n) is 1.84. The Morgan fingerprint density at radius 2 is 2.04 bits per heavy atom. The SMILES string of the molecule is Cc1nn(CC(=O)Nc2ccc([N+](=O)[O-])cc2O)cc1[N+](=O)[O-]. The molecule has 11 heteroatoms. The van der Waals surface area contributed by atoms with E-state index in [2.05, 4.69) is 10.4 Å². The average molecular weight is 321 g/mol. The Morgan fingerprint density at radius 1 is 1.35 bits per heavy atom. The highest BCUT2D eigenvalue weighted by atomic mass is 16.6. The Balaban J connectivity index is 2.09. The molecule has 0 fully saturated rings. The number of anilines is 1. The molecule has 1 aromatic heterocycles. The lowest BCUT2D eigenvalue weighted by molar-refractivity contribution is -0.385. The molecule has 0 aliphatic rings. The number of carbonyl (C=O) groups is 1. The summed E-state index contributed by atoms with van der Waals surface area (Å²) >= 11 is 0. The summed E-state index contributed by atoms with van der Waals surface area (Å²) < 4.78 is 1.09. The van der Waals surface area contributed by atoms with E-state index in [1.54, 1.807) is 0 Å². The zero-order valence-corrected chi connectivity index (χ0v) is 11.8. The fourth-order valence-corrected chi connectivity index (χ4v) is 1.84. The number of aromatic nitrogens is 2. The molecule has 0 saturated heterocycles. The smallest absolute Gasteiger partial charge is 0.309 e. The second kappa shape index (κ2) is 6.09. The third-order valence-electron chi connectivity index (χ3n) is 2.89. The summed E-state index contributed by atoms with van der Waals surface area (Å²) in [6, 6.07) is 3.21. The fraction of sp³-hybridized carbons (Fsp3) is 0.167. The van der Waals surface area contributed by atoms with E-state index in [-0.39, 0.29) is 29.3 Å². The summed E-state index contributed by atoms with van der Waals surface area (Å²) in [5.74, 6) is -1.07. The van der Waals surface area contributed by atoms with Gasteiger partial charge < -0.3 is 10.4 Å². The molecule has 2 N–H and O–H groups in total. The predicted octanol–water partition coefficient (Wildman–Crippen LogP) is 1.35. The van der Waals surface area contributed by atoms with Crippen LogP contribution in [0.2, 0.25) is 0 Å². The van der Waals surface area contributed by atoms with E-state index in [9.17, 15) is 30.1 Å². The molecular weight excluding hydrogens is 310 g/mol. The van der Waals surface area contributed by atoms with Gasteiger partial charge in [-0.25, -0.2) is 0 Å². The molecule has 0 aliphatic carbocycles. The van der Waals surface area contributed by atoms with Crippen molar-refractivity contribution in [2.24, 2.45) is 0 Å². The van der Waals surface area contributed by atoms with Gasteiger partial charge in [0, 0.05) is 6.07 Å². The van der Waals surface area contributed by atoms with Crippen LogP contribution in [0.4, 0.5) is 17.1 Å². The number of nitrogens with zero attached hydrogens (tertiary/aromatic N) is 4. The van der Waals surface area contributed by atoms with Crippen molar-refractivity contribution in [1.82, 2.24) is 9.78 Å². The number of benzene rings is 1. The molecule has 1 heterocycles. The van der Waals surface area contributed by atoms with Crippen molar-refractivity contribution in [3.8, 4) is 5.75 Å². The van der Waals surface area contributed by atoms with Crippen LogP contribution in [-0.2, 0) is 11.3 Å². The first-order valence-electron chi connectivity index (χ1n) is 6.23. The molecule has 23 heavy (non-hydrogen) atoms. The largest absolute Gasteiger partial charge is 0.506 e. The van der Waals surface area contributed by atoms with E-state index in [1.165, 1.54) is 13.0 Å². The lowest BCUT2D eigenvalue weighted by Gasteiger charge is -2.07. The number of aryl methyl sites for hydroxylation is 1. The summed E-state index contributed by atoms with van der Waals surface area (Å²) in [4.78, 5) is 31.8. The first-order valence-corrected chi connectivity index (χ1v) is 6.23. The van der Waals surface area contributed by atoms with Crippen LogP contribution in [0.3, 0.4) is 0 Å². The van der Waals surface area contributed by atoms with E-state index < -0.39 is 21.5 Å². The molecule has 1 amide bonds. The number of aromatic hydroxyl groups is 1. The average Bonchev–Trinajstić information content (AvgIpc) is 2.81. The topological polar surface area (TPSA) is 153 Å². The highest BCUT2D eigenvalue weighted by Gasteiger charge is 2.17. The number of non-ortho nitro benzene ring substituents is 1. The number of rotatable bonds is 5. The molecule has 0 atom stereocenters. The van der Waals surface area contributed by atoms with Crippen molar-refractivity contribution in [1.29, 1.82) is 0 Å². The molecule has 11 nitrogen and oxygen atoms in total. The summed E-state index contributed by atoms with van der Waals surface area (Å²) in [5, 5.41) is 37.1. The number of phenols is 1. The van der Waals surface area contributed by atoms with Crippen molar-refractivity contribution in [3.05, 3.63) is 50.3 Å². The molecular formula is C12H11N5O6. The summed E-state index contributed by atoms with van der Waals surface area (Å²) in [7, 11) is 0. The van der Waals surface area contributed by atoms with Gasteiger partial charge in [0.05, 0.1) is 21.6 Å². The zero-order chi connectivity index (χ0) is 17.1. The molecule has 0 saturated carbocycles. The van der Waals surface area contributed by atoms with Crippen LogP contribution in [0, 0.1) is 27.2 Å². The van der Waals surface area contributed by atoms with E-state index >= 15 is 0 Å². The Bertz CT molecular complexity index is 799. The second-order valence-corrected chi connectivity index (χ2v) is 4.56. The zero-order valence-electron chi connectivity index (χ0n) is 11.8. The van der Waals surface area contributed by atoms with Gasteiger partial charge in [0.25, 0.3) is 5.69 Å². The maximum atomic E-state index is 11.9. The van der Waals surface area contributed by atoms with Crippen LogP contribution >= 0.6 is 0 Å². The number of nitro groups is 2. The Morgan fingerprint density at radius 3 is 2.57 bits per heavy atom. The van der Waals surface area contributed by atoms with Gasteiger partial charge in [0.1, 0.15) is 24.2 Å². The predicted molar refractivity (Wildman–Crippen MR) is 77.0 cm³/mol. The van der Waals surface area contributed by atoms with Gasteiger partial charge in [0.15, 0.2) is 0 Å². The molecule has 0 unspecified atom stereocenters. The van der Waals surface area contributed by atoms with E-state index in [0.717, 1.165) is 23.0 Å². The molecule has 2 rings (SSSR count). The molecule has 0 aliphatic heterocycles. The number of phenolic OH excluding ortho intramolecular Hbond substituents is 1. The minimum Gasteiger partial charge on any atom is -0.506 e. The maximum Gasteiger partial charge on any atom is 0.309 e. The van der Waals surface area contributed by atoms with E-state index in [4.69, 9.17) is 0 Å². The molecule has 0 spiro atoms. The highest BCUT2D eigenvalue weighted by Crippen LogP contribution is 2.27. The van der Waals surface area contributed by atoms with Crippen LogP contribution in [0.1, 0.15) is 5.69 Å². The van der Waals surface area contributed by atoms with E-state index in [0.29, 0.717) is 0 Å². The van der Waals surface area contributed by atoms with Crippen LogP contribution in [0.15, 0.2) is 24.4 Å². The third-order valence-corrected chi connectivity index (χ3v) is 2.89. The third kappa shape index (κ3) is 3.58. The standard InChI is InChI=1S/C12H11N5O6/c1-7-10(17(22)23)5-15(14-7)6-12(19)13-9-3-2-8(16(20)21)4-11(9)18/h2-5,18H,6H2,1H3,(H,13,19). The van der Waals surface area contributed by atoms with Gasteiger partial charge in [-0.1, -0.05) is 0 Å². The van der Waals surface area contributed by atoms with Crippen molar-refractivity contribution in [2.45, 2.75) is 13.5 Å². The minimum absolute atomic E-state index is 0.0148. The van der Waals surface area contributed by atoms with Gasteiger partial charge in [-0.05, 0) is 13.0 Å². The van der Waals surface area contributed by atoms with Crippen molar-refractivity contribution in [2.75, 3.05) is 5.32 Å². The van der Waals surface area contributed by atoms with Crippen LogP contribution in [-0.4, -0.2) is 30.6 Å². The molecule has 0 bridgehead atoms. The Kier molecular flexibility index (Phi) is 4.21. The number of carbonyl (C=O) groups excluding carboxylic acids is 1. The molecule has 2 aromatic rings. The second-order valence-electron chi connectivity index (χ2n) is 4.56. The van der Waals surface area contributed by atoms with Crippen molar-refractivity contribution in [3.63, 3.8) is 0 Å². The van der Waals surface area contributed by atoms with Crippen LogP contribution in [0.5, 0.6) is 5.75 Å². The Hall–Kier alpha value is -3.50. The molecule has 0 radical (unpaired) electrons. The van der Waals surface area contributed by atoms with Gasteiger partial charge in [-0.3, -0.25) is 29.7 Å². The number of nitro benzene ring substituents is 1. The van der Waals surface area contributed by atoms with Gasteiger partial charge in [-0.15, -0.1) is 0 Å². The summed E-state index contributed by atoms with van der Waals surface area (Å²) in [5.41, 5.74) is -0.380. The van der Waals surface area contributed by atoms with Crippen molar-refractivity contribution >= 4 is 23.0 Å². The maximum absolute atomic E-state index is 11.9. The Labute approximate surface area is 128 Å². The van der Waals surface area contributed by atoms with E-state index in [1.807, 2.05) is 0 Å². The van der Waals surface area contributed by atoms with Crippen LogP contribution < -0.4 is 5.32 Å². The number of hydrogen-bond acceptors (Lipinski definition) is 7. The number of nitrogens with one attached hydrogen (secondary N) is 1. The van der Waals surface area contributed by atoms with Gasteiger partial charge in [-0.2, -0.15) is 5.10 Å². The molecule has 1 aromatic carbocycles.